The molecule has 2 heterocycles. The fourth-order valence-corrected chi connectivity index (χ4v) is 3.56. The summed E-state index contributed by atoms with van der Waals surface area (Å²) >= 11 is 1.42. The first-order valence-electron chi connectivity index (χ1n) is 6.75. The van der Waals surface area contributed by atoms with E-state index in [4.69, 9.17) is 4.74 Å². The van der Waals surface area contributed by atoms with Crippen molar-refractivity contribution in [1.29, 1.82) is 0 Å². The van der Waals surface area contributed by atoms with Gasteiger partial charge in [-0.25, -0.2) is 0 Å². The van der Waals surface area contributed by atoms with Crippen molar-refractivity contribution in [3.8, 4) is 0 Å². The van der Waals surface area contributed by atoms with Crippen molar-refractivity contribution in [2.75, 3.05) is 13.6 Å². The van der Waals surface area contributed by atoms with Gasteiger partial charge < -0.3 is 25.0 Å². The maximum Gasteiger partial charge on any atom is 0.162 e. The molecule has 0 spiro atoms. The van der Waals surface area contributed by atoms with Gasteiger partial charge in [0.2, 0.25) is 0 Å². The predicted octanol–water partition coefficient (Wildman–Crippen LogP) is -0.207. The van der Waals surface area contributed by atoms with E-state index in [0.29, 0.717) is 6.42 Å². The summed E-state index contributed by atoms with van der Waals surface area (Å²) in [7, 11) is 1.91. The molecule has 6 atom stereocenters. The van der Waals surface area contributed by atoms with Gasteiger partial charge in [-0.3, -0.25) is 4.99 Å². The SMILES string of the molecule is C=CC[C@@H](O)[C@H]1O[C@@H]2SC(N(C)CC)=N[C@@H]2[C@@H](O)[C@@H]1O. The summed E-state index contributed by atoms with van der Waals surface area (Å²) in [5, 5.41) is 31.1. The van der Waals surface area contributed by atoms with Crippen LogP contribution in [0.2, 0.25) is 0 Å². The summed E-state index contributed by atoms with van der Waals surface area (Å²) in [6.07, 6.45) is -2.02. The minimum Gasteiger partial charge on any atom is -0.390 e. The van der Waals surface area contributed by atoms with Crippen molar-refractivity contribution in [2.24, 2.45) is 4.99 Å². The van der Waals surface area contributed by atoms with Gasteiger partial charge in [0.1, 0.15) is 29.8 Å². The fourth-order valence-electron chi connectivity index (χ4n) is 2.32. The van der Waals surface area contributed by atoms with E-state index in [-0.39, 0.29) is 5.44 Å². The third-order valence-corrected chi connectivity index (χ3v) is 4.93. The third kappa shape index (κ3) is 2.87. The van der Waals surface area contributed by atoms with E-state index in [2.05, 4.69) is 11.6 Å². The Kier molecular flexibility index (Phi) is 5.09. The van der Waals surface area contributed by atoms with Crippen LogP contribution in [-0.4, -0.2) is 74.9 Å². The molecule has 2 aliphatic rings. The molecule has 3 N–H and O–H groups in total. The molecule has 2 rings (SSSR count). The Morgan fingerprint density at radius 2 is 2.20 bits per heavy atom. The van der Waals surface area contributed by atoms with E-state index in [0.717, 1.165) is 11.7 Å². The van der Waals surface area contributed by atoms with Gasteiger partial charge in [-0.2, -0.15) is 0 Å². The quantitative estimate of drug-likeness (QED) is 0.623. The van der Waals surface area contributed by atoms with Crippen LogP contribution < -0.4 is 0 Å². The van der Waals surface area contributed by atoms with Crippen LogP contribution in [0.15, 0.2) is 17.6 Å². The Balaban J connectivity index is 2.11. The molecule has 20 heavy (non-hydrogen) atoms. The lowest BCUT2D eigenvalue weighted by atomic mass is 9.94. The van der Waals surface area contributed by atoms with Crippen LogP contribution in [0.4, 0.5) is 0 Å². The number of thioether (sulfide) groups is 1. The molecule has 1 saturated heterocycles. The Bertz CT molecular complexity index is 393. The van der Waals surface area contributed by atoms with Gasteiger partial charge in [0.25, 0.3) is 0 Å². The number of aliphatic imine (C=N–C) groups is 1. The summed E-state index contributed by atoms with van der Waals surface area (Å²) in [4.78, 5) is 6.38. The maximum atomic E-state index is 10.2. The molecule has 0 aromatic carbocycles. The molecule has 0 bridgehead atoms. The van der Waals surface area contributed by atoms with Gasteiger partial charge in [0.15, 0.2) is 5.17 Å². The average Bonchev–Trinajstić information content (AvgIpc) is 2.86. The number of nitrogens with zero attached hydrogens (tertiary/aromatic N) is 2. The normalized spacial score (nSPS) is 38.0. The van der Waals surface area contributed by atoms with Gasteiger partial charge in [-0.1, -0.05) is 17.8 Å². The monoisotopic (exact) mass is 302 g/mol. The molecule has 2 aliphatic heterocycles. The van der Waals surface area contributed by atoms with Crippen molar-refractivity contribution >= 4 is 16.9 Å². The van der Waals surface area contributed by atoms with Crippen LogP contribution in [0.1, 0.15) is 13.3 Å². The molecule has 6 nitrogen and oxygen atoms in total. The molecule has 0 aromatic heterocycles. The van der Waals surface area contributed by atoms with Crippen molar-refractivity contribution in [3.05, 3.63) is 12.7 Å². The second-order valence-corrected chi connectivity index (χ2v) is 6.14. The van der Waals surface area contributed by atoms with Crippen LogP contribution in [-0.2, 0) is 4.74 Å². The number of rotatable bonds is 4. The predicted molar refractivity (Wildman–Crippen MR) is 78.6 cm³/mol. The van der Waals surface area contributed by atoms with E-state index in [1.165, 1.54) is 11.8 Å². The summed E-state index contributed by atoms with van der Waals surface area (Å²) < 4.78 is 5.75. The Morgan fingerprint density at radius 1 is 1.50 bits per heavy atom. The van der Waals surface area contributed by atoms with Crippen molar-refractivity contribution in [1.82, 2.24) is 4.90 Å². The van der Waals surface area contributed by atoms with Crippen LogP contribution in [0.25, 0.3) is 0 Å². The van der Waals surface area contributed by atoms with Crippen LogP contribution in [0, 0.1) is 0 Å². The standard InChI is InChI=1S/C13H22N2O4S/c1-4-6-7(16)11-10(18)9(17)8-12(19-11)20-13(14-8)15(3)5-2/h4,7-12,16-18H,1,5-6H2,2-3H3/t7-,8-,9-,10+,11-,12-/m1/s1. The highest BCUT2D eigenvalue weighted by atomic mass is 32.2. The second kappa shape index (κ2) is 6.44. The highest BCUT2D eigenvalue weighted by Gasteiger charge is 2.50. The zero-order valence-electron chi connectivity index (χ0n) is 11.7. The van der Waals surface area contributed by atoms with Crippen molar-refractivity contribution < 1.29 is 20.1 Å². The first-order valence-corrected chi connectivity index (χ1v) is 7.63. The highest BCUT2D eigenvalue weighted by molar-refractivity contribution is 8.14. The summed E-state index contributed by atoms with van der Waals surface area (Å²) in [6.45, 7) is 6.36. The maximum absolute atomic E-state index is 10.2. The zero-order valence-corrected chi connectivity index (χ0v) is 12.5. The molecule has 7 heteroatoms. The molecule has 0 amide bonds. The number of hydrogen-bond donors (Lipinski definition) is 3. The molecule has 0 unspecified atom stereocenters. The summed E-state index contributed by atoms with van der Waals surface area (Å²) in [6, 6.07) is -0.494. The molecule has 1 fully saturated rings. The average molecular weight is 302 g/mol. The fraction of sp³-hybridized carbons (Fsp3) is 0.769. The number of amidine groups is 1. The number of ether oxygens (including phenoxy) is 1. The molecular weight excluding hydrogens is 280 g/mol. The summed E-state index contributed by atoms with van der Waals surface area (Å²) in [5.41, 5.74) is -0.373. The second-order valence-electron chi connectivity index (χ2n) is 5.08. The van der Waals surface area contributed by atoms with E-state index in [1.807, 2.05) is 18.9 Å². The van der Waals surface area contributed by atoms with Gasteiger partial charge >= 0.3 is 0 Å². The molecule has 114 valence electrons. The van der Waals surface area contributed by atoms with E-state index in [1.54, 1.807) is 6.08 Å². The van der Waals surface area contributed by atoms with E-state index < -0.39 is 30.5 Å². The van der Waals surface area contributed by atoms with E-state index >= 15 is 0 Å². The lowest BCUT2D eigenvalue weighted by Gasteiger charge is -2.40. The molecular formula is C13H22N2O4S. The molecule has 0 aliphatic carbocycles. The first-order chi connectivity index (χ1) is 9.49. The van der Waals surface area contributed by atoms with Crippen LogP contribution in [0.3, 0.4) is 0 Å². The van der Waals surface area contributed by atoms with Gasteiger partial charge in [0.05, 0.1) is 6.10 Å². The Labute approximate surface area is 123 Å². The highest BCUT2D eigenvalue weighted by Crippen LogP contribution is 2.38. The molecule has 0 aromatic rings. The number of fused-ring (bicyclic) bond motifs is 1. The Morgan fingerprint density at radius 3 is 2.80 bits per heavy atom. The van der Waals surface area contributed by atoms with Crippen LogP contribution >= 0.6 is 11.8 Å². The molecule has 0 radical (unpaired) electrons. The largest absolute Gasteiger partial charge is 0.390 e. The smallest absolute Gasteiger partial charge is 0.162 e. The lowest BCUT2D eigenvalue weighted by molar-refractivity contribution is -0.184. The summed E-state index contributed by atoms with van der Waals surface area (Å²) in [5.74, 6) is 0. The minimum atomic E-state index is -1.15. The van der Waals surface area contributed by atoms with Crippen molar-refractivity contribution in [3.63, 3.8) is 0 Å². The molecule has 0 saturated carbocycles. The number of aliphatic hydroxyl groups excluding tert-OH is 3. The zero-order chi connectivity index (χ0) is 14.9. The first kappa shape index (κ1) is 15.8. The number of hydrogen-bond acceptors (Lipinski definition) is 7. The van der Waals surface area contributed by atoms with Gasteiger partial charge in [0, 0.05) is 13.6 Å². The Hall–Kier alpha value is -0.600. The lowest BCUT2D eigenvalue weighted by Crippen LogP contribution is -2.58. The van der Waals surface area contributed by atoms with Crippen molar-refractivity contribution in [2.45, 2.75) is 49.2 Å². The van der Waals surface area contributed by atoms with E-state index in [9.17, 15) is 15.3 Å². The number of aliphatic hydroxyl groups is 3. The third-order valence-electron chi connectivity index (χ3n) is 3.68. The minimum absolute atomic E-state index is 0.305. The van der Waals surface area contributed by atoms with Gasteiger partial charge in [-0.15, -0.1) is 6.58 Å². The van der Waals surface area contributed by atoms with Gasteiger partial charge in [-0.05, 0) is 13.3 Å². The van der Waals surface area contributed by atoms with Crippen LogP contribution in [0.5, 0.6) is 0 Å². The topological polar surface area (TPSA) is 85.5 Å².